The van der Waals surface area contributed by atoms with Crippen molar-refractivity contribution in [1.82, 2.24) is 10.2 Å². The molecule has 1 atom stereocenters. The zero-order valence-electron chi connectivity index (χ0n) is 10.7. The molecule has 1 aliphatic heterocycles. The standard InChI is InChI=1S/C12H20N4O/c1-8-9(2)14-15-12(11(8)6-13)16(3)10-4-5-17-7-10/h10H,4-7,13H2,1-3H3. The number of hydrogen-bond donors (Lipinski definition) is 1. The van der Waals surface area contributed by atoms with Crippen LogP contribution in [0.1, 0.15) is 23.2 Å². The predicted molar refractivity (Wildman–Crippen MR) is 67.0 cm³/mol. The van der Waals surface area contributed by atoms with E-state index in [9.17, 15) is 0 Å². The fourth-order valence-electron chi connectivity index (χ4n) is 2.17. The van der Waals surface area contributed by atoms with Crippen molar-refractivity contribution in [1.29, 1.82) is 0 Å². The molecule has 1 aromatic heterocycles. The summed E-state index contributed by atoms with van der Waals surface area (Å²) in [5, 5.41) is 8.49. The second-order valence-electron chi connectivity index (χ2n) is 4.55. The average Bonchev–Trinajstić information content (AvgIpc) is 2.85. The van der Waals surface area contributed by atoms with Gasteiger partial charge in [0.25, 0.3) is 0 Å². The van der Waals surface area contributed by atoms with Gasteiger partial charge < -0.3 is 15.4 Å². The minimum Gasteiger partial charge on any atom is -0.379 e. The highest BCUT2D eigenvalue weighted by molar-refractivity contribution is 5.51. The van der Waals surface area contributed by atoms with Crippen LogP contribution in [-0.2, 0) is 11.3 Å². The SMILES string of the molecule is Cc1nnc(N(C)C2CCOC2)c(CN)c1C. The second kappa shape index (κ2) is 4.98. The van der Waals surface area contributed by atoms with E-state index < -0.39 is 0 Å². The summed E-state index contributed by atoms with van der Waals surface area (Å²) in [6.45, 7) is 6.09. The van der Waals surface area contributed by atoms with Crippen LogP contribution in [0.3, 0.4) is 0 Å². The monoisotopic (exact) mass is 236 g/mol. The first-order valence-corrected chi connectivity index (χ1v) is 5.98. The Morgan fingerprint density at radius 3 is 2.76 bits per heavy atom. The summed E-state index contributed by atoms with van der Waals surface area (Å²) in [4.78, 5) is 2.15. The molecule has 0 aliphatic carbocycles. The summed E-state index contributed by atoms with van der Waals surface area (Å²) in [6.07, 6.45) is 1.04. The van der Waals surface area contributed by atoms with Crippen molar-refractivity contribution in [2.75, 3.05) is 25.2 Å². The van der Waals surface area contributed by atoms with Gasteiger partial charge in [0.05, 0.1) is 18.3 Å². The van der Waals surface area contributed by atoms with E-state index in [1.54, 1.807) is 0 Å². The van der Waals surface area contributed by atoms with Gasteiger partial charge in [-0.05, 0) is 25.8 Å². The van der Waals surface area contributed by atoms with Crippen LogP contribution >= 0.6 is 0 Å². The number of nitrogens with two attached hydrogens (primary N) is 1. The molecule has 2 rings (SSSR count). The van der Waals surface area contributed by atoms with Crippen LogP contribution in [0.25, 0.3) is 0 Å². The third-order valence-corrected chi connectivity index (χ3v) is 3.55. The number of likely N-dealkylation sites (N-methyl/N-ethyl adjacent to an activating group) is 1. The maximum Gasteiger partial charge on any atom is 0.156 e. The molecule has 1 saturated heterocycles. The molecule has 0 bridgehead atoms. The first-order valence-electron chi connectivity index (χ1n) is 5.98. The van der Waals surface area contributed by atoms with Crippen LogP contribution in [0.15, 0.2) is 0 Å². The Labute approximate surface area is 102 Å². The molecule has 1 unspecified atom stereocenters. The minimum atomic E-state index is 0.386. The molecule has 2 heterocycles. The van der Waals surface area contributed by atoms with E-state index in [1.807, 2.05) is 14.0 Å². The summed E-state index contributed by atoms with van der Waals surface area (Å²) in [5.74, 6) is 0.895. The molecule has 2 N–H and O–H groups in total. The van der Waals surface area contributed by atoms with Crippen molar-refractivity contribution in [2.24, 2.45) is 5.73 Å². The molecule has 5 nitrogen and oxygen atoms in total. The number of hydrogen-bond acceptors (Lipinski definition) is 5. The van der Waals surface area contributed by atoms with E-state index in [0.717, 1.165) is 42.3 Å². The van der Waals surface area contributed by atoms with Gasteiger partial charge in [-0.2, -0.15) is 5.10 Å². The number of ether oxygens (including phenoxy) is 1. The lowest BCUT2D eigenvalue weighted by atomic mass is 10.1. The maximum atomic E-state index is 5.83. The summed E-state index contributed by atoms with van der Waals surface area (Å²) >= 11 is 0. The number of rotatable bonds is 3. The van der Waals surface area contributed by atoms with Crippen LogP contribution in [0.2, 0.25) is 0 Å². The van der Waals surface area contributed by atoms with Gasteiger partial charge in [0.15, 0.2) is 5.82 Å². The highest BCUT2D eigenvalue weighted by atomic mass is 16.5. The van der Waals surface area contributed by atoms with Crippen LogP contribution in [-0.4, -0.2) is 36.5 Å². The van der Waals surface area contributed by atoms with Gasteiger partial charge in [-0.25, -0.2) is 0 Å². The van der Waals surface area contributed by atoms with Gasteiger partial charge in [-0.3, -0.25) is 0 Å². The molecule has 5 heteroatoms. The van der Waals surface area contributed by atoms with Crippen molar-refractivity contribution in [3.05, 3.63) is 16.8 Å². The molecule has 0 amide bonds. The van der Waals surface area contributed by atoms with Crippen molar-refractivity contribution in [3.8, 4) is 0 Å². The Morgan fingerprint density at radius 2 is 2.18 bits per heavy atom. The third kappa shape index (κ3) is 2.25. The van der Waals surface area contributed by atoms with Gasteiger partial charge in [-0.1, -0.05) is 0 Å². The Morgan fingerprint density at radius 1 is 1.41 bits per heavy atom. The summed E-state index contributed by atoms with van der Waals surface area (Å²) in [6, 6.07) is 0.386. The van der Waals surface area contributed by atoms with Gasteiger partial charge in [0.2, 0.25) is 0 Å². The Kier molecular flexibility index (Phi) is 3.59. The molecule has 0 saturated carbocycles. The summed E-state index contributed by atoms with van der Waals surface area (Å²) in [7, 11) is 2.04. The molecule has 1 aromatic rings. The van der Waals surface area contributed by atoms with Crippen LogP contribution in [0.4, 0.5) is 5.82 Å². The fourth-order valence-corrected chi connectivity index (χ4v) is 2.17. The van der Waals surface area contributed by atoms with E-state index in [4.69, 9.17) is 10.5 Å². The van der Waals surface area contributed by atoms with Crippen molar-refractivity contribution in [3.63, 3.8) is 0 Å². The number of nitrogens with zero attached hydrogens (tertiary/aromatic N) is 3. The zero-order chi connectivity index (χ0) is 12.4. The fraction of sp³-hybridized carbons (Fsp3) is 0.667. The quantitative estimate of drug-likeness (QED) is 0.840. The number of aromatic nitrogens is 2. The maximum absolute atomic E-state index is 5.83. The zero-order valence-corrected chi connectivity index (χ0v) is 10.7. The number of aryl methyl sites for hydroxylation is 1. The normalized spacial score (nSPS) is 19.6. The molecule has 94 valence electrons. The average molecular weight is 236 g/mol. The molecule has 17 heavy (non-hydrogen) atoms. The highest BCUT2D eigenvalue weighted by Gasteiger charge is 2.24. The molecule has 0 radical (unpaired) electrons. The predicted octanol–water partition coefficient (Wildman–Crippen LogP) is 0.777. The van der Waals surface area contributed by atoms with E-state index in [2.05, 4.69) is 22.0 Å². The summed E-state index contributed by atoms with van der Waals surface area (Å²) in [5.41, 5.74) is 9.01. The summed E-state index contributed by atoms with van der Waals surface area (Å²) < 4.78 is 5.41. The molecule has 1 aliphatic rings. The molecule has 0 aromatic carbocycles. The minimum absolute atomic E-state index is 0.386. The first-order chi connectivity index (χ1) is 8.15. The highest BCUT2D eigenvalue weighted by Crippen LogP contribution is 2.24. The lowest BCUT2D eigenvalue weighted by molar-refractivity contribution is 0.193. The molecule has 1 fully saturated rings. The second-order valence-corrected chi connectivity index (χ2v) is 4.55. The van der Waals surface area contributed by atoms with E-state index in [1.165, 1.54) is 0 Å². The molecular formula is C12H20N4O. The van der Waals surface area contributed by atoms with E-state index in [0.29, 0.717) is 12.6 Å². The third-order valence-electron chi connectivity index (χ3n) is 3.55. The van der Waals surface area contributed by atoms with E-state index in [-0.39, 0.29) is 0 Å². The van der Waals surface area contributed by atoms with Crippen LogP contribution < -0.4 is 10.6 Å². The lowest BCUT2D eigenvalue weighted by Crippen LogP contribution is -2.34. The van der Waals surface area contributed by atoms with Gasteiger partial charge in [-0.15, -0.1) is 5.10 Å². The Bertz CT molecular complexity index is 402. The Balaban J connectivity index is 2.33. The molecule has 0 spiro atoms. The smallest absolute Gasteiger partial charge is 0.156 e. The van der Waals surface area contributed by atoms with Crippen LogP contribution in [0, 0.1) is 13.8 Å². The van der Waals surface area contributed by atoms with Gasteiger partial charge in [0.1, 0.15) is 0 Å². The van der Waals surface area contributed by atoms with Gasteiger partial charge in [0, 0.05) is 25.8 Å². The van der Waals surface area contributed by atoms with Gasteiger partial charge >= 0.3 is 0 Å². The largest absolute Gasteiger partial charge is 0.379 e. The van der Waals surface area contributed by atoms with Crippen LogP contribution in [0.5, 0.6) is 0 Å². The lowest BCUT2D eigenvalue weighted by Gasteiger charge is -2.26. The number of anilines is 1. The first kappa shape index (κ1) is 12.3. The van der Waals surface area contributed by atoms with Crippen molar-refractivity contribution in [2.45, 2.75) is 32.9 Å². The van der Waals surface area contributed by atoms with Crippen molar-refractivity contribution < 1.29 is 4.74 Å². The van der Waals surface area contributed by atoms with E-state index >= 15 is 0 Å². The molecular weight excluding hydrogens is 216 g/mol. The Hall–Kier alpha value is -1.20. The van der Waals surface area contributed by atoms with Crippen molar-refractivity contribution >= 4 is 5.82 Å². The topological polar surface area (TPSA) is 64.3 Å².